The summed E-state index contributed by atoms with van der Waals surface area (Å²) in [4.78, 5) is 28.2. The Bertz CT molecular complexity index is 573. The summed E-state index contributed by atoms with van der Waals surface area (Å²) in [7, 11) is 1.25. The number of rotatable bonds is 12. The molecular formula is C16H27F5N4O4. The zero-order chi connectivity index (χ0) is 23.0. The number of carbonyl (C=O) groups excluding carboxylic acids is 2. The summed E-state index contributed by atoms with van der Waals surface area (Å²) in [5.41, 5.74) is 8.99. The van der Waals surface area contributed by atoms with Gasteiger partial charge in [0.1, 0.15) is 12.2 Å². The molecule has 1 amide bonds. The predicted molar refractivity (Wildman–Crippen MR) is 94.4 cm³/mol. The average molecular weight is 434 g/mol. The molecule has 0 radical (unpaired) electrons. The number of ether oxygens (including phenoxy) is 2. The van der Waals surface area contributed by atoms with Crippen LogP contribution in [0.3, 0.4) is 0 Å². The number of amides is 1. The summed E-state index contributed by atoms with van der Waals surface area (Å²) < 4.78 is 73.8. The van der Waals surface area contributed by atoms with Crippen molar-refractivity contribution in [2.75, 3.05) is 20.3 Å². The van der Waals surface area contributed by atoms with E-state index in [1.807, 2.05) is 0 Å². The molecule has 1 unspecified atom stereocenters. The lowest BCUT2D eigenvalue weighted by Gasteiger charge is -2.28. The van der Waals surface area contributed by atoms with E-state index in [-0.39, 0.29) is 32.3 Å². The van der Waals surface area contributed by atoms with Gasteiger partial charge in [0, 0.05) is 20.6 Å². The predicted octanol–water partition coefficient (Wildman–Crippen LogP) is 1.12. The summed E-state index contributed by atoms with van der Waals surface area (Å²) in [6.45, 7) is 1.63. The number of nitrogens with zero attached hydrogens (tertiary/aromatic N) is 1. The summed E-state index contributed by atoms with van der Waals surface area (Å²) in [5.74, 6) is -6.22. The van der Waals surface area contributed by atoms with Crippen LogP contribution in [0.1, 0.15) is 33.6 Å². The number of carbonyl (C=O) groups is 2. The Hall–Kier alpha value is -2.02. The van der Waals surface area contributed by atoms with Crippen LogP contribution in [0.5, 0.6) is 0 Å². The van der Waals surface area contributed by atoms with Gasteiger partial charge in [0.05, 0.1) is 6.04 Å². The highest BCUT2D eigenvalue weighted by Gasteiger charge is 2.54. The number of nitrogens with one attached hydrogen (secondary N) is 1. The van der Waals surface area contributed by atoms with E-state index in [9.17, 15) is 31.5 Å². The molecule has 0 aliphatic rings. The first-order chi connectivity index (χ1) is 13.0. The molecule has 0 spiro atoms. The van der Waals surface area contributed by atoms with Gasteiger partial charge in [-0.1, -0.05) is 0 Å². The third kappa shape index (κ3) is 9.83. The van der Waals surface area contributed by atoms with Crippen LogP contribution in [0.2, 0.25) is 0 Å². The summed E-state index contributed by atoms with van der Waals surface area (Å²) in [6.07, 6.45) is -8.74. The zero-order valence-corrected chi connectivity index (χ0v) is 16.6. The molecule has 0 fully saturated rings. The minimum Gasteiger partial charge on any atom is -0.370 e. The lowest BCUT2D eigenvalue weighted by atomic mass is 10.0. The Morgan fingerprint density at radius 2 is 1.66 bits per heavy atom. The zero-order valence-electron chi connectivity index (χ0n) is 16.6. The molecule has 29 heavy (non-hydrogen) atoms. The van der Waals surface area contributed by atoms with Crippen LogP contribution in [0.4, 0.5) is 22.0 Å². The Morgan fingerprint density at radius 3 is 2.07 bits per heavy atom. The third-order valence-corrected chi connectivity index (χ3v) is 3.85. The number of guanidine groups is 1. The lowest BCUT2D eigenvalue weighted by molar-refractivity contribution is -0.278. The van der Waals surface area contributed by atoms with Crippen molar-refractivity contribution in [2.24, 2.45) is 16.5 Å². The molecule has 0 aromatic rings. The SMILES string of the molecule is COC(C)(C)C(=O)N[C@@H](CCCN=C(N)N)C(=O)COC(C(C)(F)F)C(F)(F)F. The van der Waals surface area contributed by atoms with Gasteiger partial charge in [0.2, 0.25) is 6.10 Å². The highest BCUT2D eigenvalue weighted by molar-refractivity contribution is 5.92. The molecule has 0 saturated heterocycles. The van der Waals surface area contributed by atoms with Crippen molar-refractivity contribution in [3.8, 4) is 0 Å². The van der Waals surface area contributed by atoms with Gasteiger partial charge < -0.3 is 26.3 Å². The van der Waals surface area contributed by atoms with Gasteiger partial charge in [0.15, 0.2) is 11.7 Å². The highest BCUT2D eigenvalue weighted by atomic mass is 19.4. The Morgan fingerprint density at radius 1 is 1.10 bits per heavy atom. The lowest BCUT2D eigenvalue weighted by Crippen LogP contribution is -2.52. The van der Waals surface area contributed by atoms with Gasteiger partial charge in [0.25, 0.3) is 11.8 Å². The van der Waals surface area contributed by atoms with E-state index in [4.69, 9.17) is 16.2 Å². The van der Waals surface area contributed by atoms with Crippen LogP contribution in [-0.4, -0.2) is 67.8 Å². The molecule has 0 rings (SSSR count). The molecule has 2 atom stereocenters. The molecule has 170 valence electrons. The van der Waals surface area contributed by atoms with E-state index in [1.165, 1.54) is 21.0 Å². The molecule has 13 heteroatoms. The molecule has 0 aliphatic heterocycles. The molecule has 0 aliphatic carbocycles. The monoisotopic (exact) mass is 434 g/mol. The van der Waals surface area contributed by atoms with E-state index in [0.717, 1.165) is 0 Å². The third-order valence-electron chi connectivity index (χ3n) is 3.85. The van der Waals surface area contributed by atoms with Gasteiger partial charge in [-0.05, 0) is 26.7 Å². The number of alkyl halides is 5. The second-order valence-electron chi connectivity index (χ2n) is 6.84. The van der Waals surface area contributed by atoms with Crippen LogP contribution in [0.15, 0.2) is 4.99 Å². The fourth-order valence-corrected chi connectivity index (χ4v) is 2.04. The van der Waals surface area contributed by atoms with Crippen LogP contribution < -0.4 is 16.8 Å². The topological polar surface area (TPSA) is 129 Å². The number of nitrogens with two attached hydrogens (primary N) is 2. The van der Waals surface area contributed by atoms with E-state index in [2.05, 4.69) is 15.0 Å². The summed E-state index contributed by atoms with van der Waals surface area (Å²) in [5, 5.41) is 2.32. The molecule has 0 bridgehead atoms. The van der Waals surface area contributed by atoms with Gasteiger partial charge in [-0.25, -0.2) is 8.78 Å². The number of ketones is 1. The normalized spacial score (nSPS) is 14.8. The standard InChI is InChI=1S/C16H27F5N4O4/c1-14(2,28-4)12(27)25-9(6-5-7-24-13(22)23)10(26)8-29-11(15(3,17)18)16(19,20)21/h9,11H,5-8H2,1-4H3,(H,25,27)(H4,22,23,24)/t9-,11?/m0/s1. The van der Waals surface area contributed by atoms with Crippen molar-refractivity contribution in [2.45, 2.75) is 63.5 Å². The Balaban J connectivity index is 5.25. The van der Waals surface area contributed by atoms with E-state index in [0.29, 0.717) is 0 Å². The van der Waals surface area contributed by atoms with Crippen molar-refractivity contribution in [1.29, 1.82) is 0 Å². The number of Topliss-reactive ketones (excluding diaryl/α,β-unsaturated/α-hetero) is 1. The van der Waals surface area contributed by atoms with Crippen molar-refractivity contribution < 1.29 is 41.0 Å². The van der Waals surface area contributed by atoms with Gasteiger partial charge >= 0.3 is 6.18 Å². The largest absolute Gasteiger partial charge is 0.420 e. The first-order valence-electron chi connectivity index (χ1n) is 8.52. The first-order valence-corrected chi connectivity index (χ1v) is 8.52. The van der Waals surface area contributed by atoms with E-state index in [1.54, 1.807) is 0 Å². The number of hydrogen-bond acceptors (Lipinski definition) is 5. The van der Waals surface area contributed by atoms with Gasteiger partial charge in [-0.2, -0.15) is 13.2 Å². The summed E-state index contributed by atoms with van der Waals surface area (Å²) >= 11 is 0. The smallest absolute Gasteiger partial charge is 0.370 e. The first kappa shape index (κ1) is 27.0. The molecule has 0 heterocycles. The molecule has 0 saturated carbocycles. The van der Waals surface area contributed by atoms with Gasteiger partial charge in [-0.15, -0.1) is 0 Å². The molecule has 0 aromatic carbocycles. The fourth-order valence-electron chi connectivity index (χ4n) is 2.04. The molecular weight excluding hydrogens is 407 g/mol. The quantitative estimate of drug-likeness (QED) is 0.183. The van der Waals surface area contributed by atoms with Crippen LogP contribution in [-0.2, 0) is 19.1 Å². The second kappa shape index (κ2) is 10.7. The van der Waals surface area contributed by atoms with Crippen LogP contribution in [0, 0.1) is 0 Å². The number of methoxy groups -OCH3 is 1. The maximum atomic E-state index is 13.2. The van der Waals surface area contributed by atoms with Crippen LogP contribution >= 0.6 is 0 Å². The Kier molecular flexibility index (Phi) is 9.93. The van der Waals surface area contributed by atoms with Crippen molar-refractivity contribution in [3.63, 3.8) is 0 Å². The number of halogens is 5. The Labute approximate surface area is 165 Å². The maximum Gasteiger partial charge on any atom is 0.420 e. The maximum absolute atomic E-state index is 13.2. The molecule has 0 aromatic heterocycles. The van der Waals surface area contributed by atoms with Crippen molar-refractivity contribution in [3.05, 3.63) is 0 Å². The number of hydrogen-bond donors (Lipinski definition) is 3. The highest BCUT2D eigenvalue weighted by Crippen LogP contribution is 2.34. The van der Waals surface area contributed by atoms with E-state index < -0.39 is 48.1 Å². The molecule has 5 N–H and O–H groups in total. The second-order valence-corrected chi connectivity index (χ2v) is 6.84. The van der Waals surface area contributed by atoms with Crippen molar-refractivity contribution >= 4 is 17.6 Å². The van der Waals surface area contributed by atoms with Gasteiger partial charge in [-0.3, -0.25) is 14.6 Å². The summed E-state index contributed by atoms with van der Waals surface area (Å²) in [6, 6.07) is -1.31. The molecule has 8 nitrogen and oxygen atoms in total. The van der Waals surface area contributed by atoms with Crippen molar-refractivity contribution in [1.82, 2.24) is 5.32 Å². The fraction of sp³-hybridized carbons (Fsp3) is 0.812. The minimum atomic E-state index is -5.39. The average Bonchev–Trinajstić information content (AvgIpc) is 2.54. The minimum absolute atomic E-state index is 0.0330. The van der Waals surface area contributed by atoms with E-state index >= 15 is 0 Å². The number of aliphatic imine (C=N–C) groups is 1. The van der Waals surface area contributed by atoms with Crippen LogP contribution in [0.25, 0.3) is 0 Å².